The summed E-state index contributed by atoms with van der Waals surface area (Å²) in [7, 11) is 0. The number of hydrogen-bond acceptors (Lipinski definition) is 6. The van der Waals surface area contributed by atoms with Crippen molar-refractivity contribution in [3.63, 3.8) is 0 Å². The fraction of sp³-hybridized carbons (Fsp3) is 0.462. The molecule has 1 aromatic carbocycles. The molecule has 0 heterocycles. The zero-order valence-corrected chi connectivity index (χ0v) is 11.8. The standard InChI is InChI=1S/C13H14F3N3O4/c14-13(15,16)3-4-18(7-11(21)8-20)12-2-1-10(19(22)23)5-9(12)6-17/h1-2,5,11,20-21H,3-4,7-8H2/t11-/m0/s1. The molecule has 0 aliphatic rings. The minimum Gasteiger partial charge on any atom is -0.394 e. The smallest absolute Gasteiger partial charge is 0.390 e. The van der Waals surface area contributed by atoms with Gasteiger partial charge in [-0.25, -0.2) is 0 Å². The summed E-state index contributed by atoms with van der Waals surface area (Å²) in [5.74, 6) is 0. The third-order valence-electron chi connectivity index (χ3n) is 2.96. The molecule has 0 aliphatic heterocycles. The largest absolute Gasteiger partial charge is 0.394 e. The van der Waals surface area contributed by atoms with Gasteiger partial charge in [0.1, 0.15) is 6.07 Å². The summed E-state index contributed by atoms with van der Waals surface area (Å²) < 4.78 is 37.2. The molecular formula is C13H14F3N3O4. The molecule has 23 heavy (non-hydrogen) atoms. The molecule has 2 N–H and O–H groups in total. The Kier molecular flexibility index (Phi) is 6.29. The lowest BCUT2D eigenvalue weighted by Gasteiger charge is -2.28. The van der Waals surface area contributed by atoms with Gasteiger partial charge in [-0.3, -0.25) is 10.1 Å². The van der Waals surface area contributed by atoms with E-state index in [9.17, 15) is 28.4 Å². The second-order valence-electron chi connectivity index (χ2n) is 4.72. The number of nitriles is 1. The minimum absolute atomic E-state index is 0.0230. The fourth-order valence-electron chi connectivity index (χ4n) is 1.89. The number of anilines is 1. The number of halogens is 3. The van der Waals surface area contributed by atoms with Gasteiger partial charge in [0.05, 0.1) is 35.3 Å². The number of benzene rings is 1. The van der Waals surface area contributed by atoms with Crippen LogP contribution in [-0.2, 0) is 0 Å². The lowest BCUT2D eigenvalue weighted by molar-refractivity contribution is -0.384. The van der Waals surface area contributed by atoms with Crippen molar-refractivity contribution in [1.29, 1.82) is 5.26 Å². The molecule has 0 saturated heterocycles. The Morgan fingerprint density at radius 1 is 1.43 bits per heavy atom. The number of nitro groups is 1. The van der Waals surface area contributed by atoms with Crippen LogP contribution in [0.3, 0.4) is 0 Å². The van der Waals surface area contributed by atoms with E-state index in [0.29, 0.717) is 0 Å². The van der Waals surface area contributed by atoms with E-state index < -0.39 is 36.8 Å². The number of nitrogens with zero attached hydrogens (tertiary/aromatic N) is 3. The Labute approximate surface area is 129 Å². The molecule has 0 spiro atoms. The van der Waals surface area contributed by atoms with Crippen LogP contribution in [0, 0.1) is 21.4 Å². The molecule has 10 heteroatoms. The van der Waals surface area contributed by atoms with E-state index in [-0.39, 0.29) is 23.5 Å². The molecule has 1 rings (SSSR count). The Morgan fingerprint density at radius 2 is 2.09 bits per heavy atom. The van der Waals surface area contributed by atoms with E-state index in [1.165, 1.54) is 0 Å². The Hall–Kier alpha value is -2.38. The average Bonchev–Trinajstić information content (AvgIpc) is 2.49. The van der Waals surface area contributed by atoms with Crippen LogP contribution in [0.4, 0.5) is 24.5 Å². The summed E-state index contributed by atoms with van der Waals surface area (Å²) in [6, 6.07) is 4.84. The molecule has 0 fully saturated rings. The van der Waals surface area contributed by atoms with Crippen molar-refractivity contribution in [3.8, 4) is 6.07 Å². The van der Waals surface area contributed by atoms with Crippen molar-refractivity contribution in [2.75, 3.05) is 24.6 Å². The van der Waals surface area contributed by atoms with Gasteiger partial charge in [-0.2, -0.15) is 18.4 Å². The van der Waals surface area contributed by atoms with Gasteiger partial charge in [0.25, 0.3) is 5.69 Å². The zero-order chi connectivity index (χ0) is 17.6. The molecule has 0 saturated carbocycles. The molecule has 0 aliphatic carbocycles. The number of aliphatic hydroxyl groups is 2. The summed E-state index contributed by atoms with van der Waals surface area (Å²) in [6.45, 7) is -1.58. The van der Waals surface area contributed by atoms with E-state index in [1.807, 2.05) is 0 Å². The van der Waals surface area contributed by atoms with Gasteiger partial charge in [-0.1, -0.05) is 0 Å². The van der Waals surface area contributed by atoms with Crippen LogP contribution in [-0.4, -0.2) is 47.1 Å². The van der Waals surface area contributed by atoms with Crippen LogP contribution in [0.25, 0.3) is 0 Å². The van der Waals surface area contributed by atoms with Crippen molar-refractivity contribution in [1.82, 2.24) is 0 Å². The highest BCUT2D eigenvalue weighted by Gasteiger charge is 2.29. The van der Waals surface area contributed by atoms with E-state index >= 15 is 0 Å². The maximum atomic E-state index is 12.4. The van der Waals surface area contributed by atoms with Gasteiger partial charge in [0.15, 0.2) is 0 Å². The van der Waals surface area contributed by atoms with Crippen LogP contribution in [0.2, 0.25) is 0 Å². The molecule has 0 aromatic heterocycles. The van der Waals surface area contributed by atoms with Crippen LogP contribution >= 0.6 is 0 Å². The molecule has 7 nitrogen and oxygen atoms in total. The van der Waals surface area contributed by atoms with E-state index in [2.05, 4.69) is 0 Å². The SMILES string of the molecule is N#Cc1cc([N+](=O)[O-])ccc1N(CCC(F)(F)F)C[C@H](O)CO. The number of hydrogen-bond donors (Lipinski definition) is 2. The first-order valence-electron chi connectivity index (χ1n) is 6.47. The van der Waals surface area contributed by atoms with Gasteiger partial charge >= 0.3 is 6.18 Å². The van der Waals surface area contributed by atoms with Crippen LogP contribution in [0.5, 0.6) is 0 Å². The normalized spacial score (nSPS) is 12.5. The highest BCUT2D eigenvalue weighted by Crippen LogP contribution is 2.27. The lowest BCUT2D eigenvalue weighted by atomic mass is 10.1. The summed E-state index contributed by atoms with van der Waals surface area (Å²) in [6.07, 6.45) is -6.96. The highest BCUT2D eigenvalue weighted by atomic mass is 19.4. The molecule has 0 unspecified atom stereocenters. The fourth-order valence-corrected chi connectivity index (χ4v) is 1.89. The number of nitro benzene ring substituents is 1. The van der Waals surface area contributed by atoms with E-state index in [0.717, 1.165) is 23.1 Å². The topological polar surface area (TPSA) is 111 Å². The molecule has 1 atom stereocenters. The first kappa shape index (κ1) is 18.7. The monoisotopic (exact) mass is 333 g/mol. The van der Waals surface area contributed by atoms with Crippen LogP contribution in [0.15, 0.2) is 18.2 Å². The number of aliphatic hydroxyl groups excluding tert-OH is 2. The van der Waals surface area contributed by atoms with Crippen molar-refractivity contribution < 1.29 is 28.3 Å². The summed E-state index contributed by atoms with van der Waals surface area (Å²) in [5, 5.41) is 38.1. The summed E-state index contributed by atoms with van der Waals surface area (Å²) >= 11 is 0. The van der Waals surface area contributed by atoms with E-state index in [4.69, 9.17) is 10.4 Å². The Bertz CT molecular complexity index is 601. The molecule has 0 amide bonds. The Morgan fingerprint density at radius 3 is 2.57 bits per heavy atom. The summed E-state index contributed by atoms with van der Waals surface area (Å²) in [5.41, 5.74) is -0.537. The average molecular weight is 333 g/mol. The molecule has 1 aromatic rings. The predicted octanol–water partition coefficient (Wildman–Crippen LogP) is 1.58. The Balaban J connectivity index is 3.14. The van der Waals surface area contributed by atoms with Crippen molar-refractivity contribution >= 4 is 11.4 Å². The van der Waals surface area contributed by atoms with Gasteiger partial charge in [-0.05, 0) is 6.07 Å². The second kappa shape index (κ2) is 7.75. The van der Waals surface area contributed by atoms with Gasteiger partial charge in [-0.15, -0.1) is 0 Å². The number of alkyl halides is 3. The van der Waals surface area contributed by atoms with Crippen molar-refractivity contribution in [2.45, 2.75) is 18.7 Å². The summed E-state index contributed by atoms with van der Waals surface area (Å²) in [4.78, 5) is 11.0. The maximum Gasteiger partial charge on any atom is 0.390 e. The van der Waals surface area contributed by atoms with Crippen LogP contribution in [0.1, 0.15) is 12.0 Å². The molecule has 126 valence electrons. The first-order chi connectivity index (χ1) is 10.7. The first-order valence-corrected chi connectivity index (χ1v) is 6.47. The van der Waals surface area contributed by atoms with Gasteiger partial charge < -0.3 is 15.1 Å². The third kappa shape index (κ3) is 5.72. The predicted molar refractivity (Wildman–Crippen MR) is 73.8 cm³/mol. The lowest BCUT2D eigenvalue weighted by Crippen LogP contribution is -2.37. The highest BCUT2D eigenvalue weighted by molar-refractivity contribution is 5.63. The van der Waals surface area contributed by atoms with Gasteiger partial charge in [0.2, 0.25) is 0 Å². The van der Waals surface area contributed by atoms with E-state index in [1.54, 1.807) is 6.07 Å². The zero-order valence-electron chi connectivity index (χ0n) is 11.8. The maximum absolute atomic E-state index is 12.4. The molecular weight excluding hydrogens is 319 g/mol. The van der Waals surface area contributed by atoms with Crippen molar-refractivity contribution in [3.05, 3.63) is 33.9 Å². The number of non-ortho nitro benzene ring substituents is 1. The molecule has 0 bridgehead atoms. The van der Waals surface area contributed by atoms with Gasteiger partial charge in [0, 0.05) is 25.2 Å². The van der Waals surface area contributed by atoms with Crippen LogP contribution < -0.4 is 4.90 Å². The quantitative estimate of drug-likeness (QED) is 0.579. The van der Waals surface area contributed by atoms with Crippen molar-refractivity contribution in [2.24, 2.45) is 0 Å². The molecule has 0 radical (unpaired) electrons. The third-order valence-corrected chi connectivity index (χ3v) is 2.96. The second-order valence-corrected chi connectivity index (χ2v) is 4.72. The number of rotatable bonds is 7. The minimum atomic E-state index is -4.45.